The number of esters is 1. The molecule has 0 spiro atoms. The second-order valence-corrected chi connectivity index (χ2v) is 7.62. The summed E-state index contributed by atoms with van der Waals surface area (Å²) in [6.45, 7) is 2.05. The van der Waals surface area contributed by atoms with Gasteiger partial charge in [0.2, 0.25) is 5.82 Å². The van der Waals surface area contributed by atoms with E-state index < -0.39 is 5.97 Å². The predicted octanol–water partition coefficient (Wildman–Crippen LogP) is 4.59. The molecule has 0 atom stereocenters. The number of halogens is 1. The maximum Gasteiger partial charge on any atom is 0.357 e. The van der Waals surface area contributed by atoms with Gasteiger partial charge in [0, 0.05) is 5.38 Å². The molecule has 4 rings (SSSR count). The molecule has 1 aromatic carbocycles. The Labute approximate surface area is 173 Å². The van der Waals surface area contributed by atoms with Gasteiger partial charge in [0.05, 0.1) is 24.3 Å². The van der Waals surface area contributed by atoms with Gasteiger partial charge in [-0.2, -0.15) is 0 Å². The molecule has 7 nitrogen and oxygen atoms in total. The Bertz CT molecular complexity index is 1110. The van der Waals surface area contributed by atoms with Gasteiger partial charge in [-0.25, -0.2) is 14.2 Å². The van der Waals surface area contributed by atoms with Crippen LogP contribution in [0, 0.1) is 5.82 Å². The van der Waals surface area contributed by atoms with Crippen LogP contribution < -0.4 is 0 Å². The molecule has 0 aliphatic heterocycles. The van der Waals surface area contributed by atoms with E-state index in [0.29, 0.717) is 40.5 Å². The van der Waals surface area contributed by atoms with Crippen LogP contribution in [0.2, 0.25) is 0 Å². The second kappa shape index (κ2) is 8.58. The Morgan fingerprint density at radius 1 is 1.28 bits per heavy atom. The molecule has 0 unspecified atom stereocenters. The molecule has 29 heavy (non-hydrogen) atoms. The molecule has 0 saturated carbocycles. The van der Waals surface area contributed by atoms with Crippen LogP contribution in [0.3, 0.4) is 0 Å². The average molecular weight is 430 g/mol. The minimum absolute atomic E-state index is 0.295. The molecular formula is C19H15FN4O3S2. The highest BCUT2D eigenvalue weighted by atomic mass is 32.2. The molecule has 0 bridgehead atoms. The number of hydrogen-bond acceptors (Lipinski definition) is 8. The van der Waals surface area contributed by atoms with Gasteiger partial charge in [0.15, 0.2) is 16.6 Å². The predicted molar refractivity (Wildman–Crippen MR) is 107 cm³/mol. The zero-order valence-electron chi connectivity index (χ0n) is 15.2. The molecule has 10 heteroatoms. The summed E-state index contributed by atoms with van der Waals surface area (Å²) in [7, 11) is 0. The molecule has 3 aromatic heterocycles. The summed E-state index contributed by atoms with van der Waals surface area (Å²) < 4.78 is 25.6. The first-order valence-corrected chi connectivity index (χ1v) is 10.5. The average Bonchev–Trinajstić information content (AvgIpc) is 3.47. The molecule has 3 heterocycles. The normalized spacial score (nSPS) is 11.0. The Hall–Kier alpha value is -2.98. The quantitative estimate of drug-likeness (QED) is 0.313. The van der Waals surface area contributed by atoms with E-state index in [-0.39, 0.29) is 5.82 Å². The van der Waals surface area contributed by atoms with Gasteiger partial charge in [-0.1, -0.05) is 11.8 Å². The van der Waals surface area contributed by atoms with Gasteiger partial charge in [0.1, 0.15) is 10.8 Å². The maximum atomic E-state index is 13.4. The summed E-state index contributed by atoms with van der Waals surface area (Å²) in [6, 6.07) is 9.60. The number of carbonyl (C=O) groups is 1. The highest BCUT2D eigenvalue weighted by Gasteiger charge is 2.19. The van der Waals surface area contributed by atoms with Gasteiger partial charge in [-0.15, -0.1) is 21.5 Å². The van der Waals surface area contributed by atoms with Crippen LogP contribution in [-0.2, 0) is 10.5 Å². The van der Waals surface area contributed by atoms with Crippen LogP contribution >= 0.6 is 23.1 Å². The lowest BCUT2D eigenvalue weighted by atomic mass is 10.3. The number of furan rings is 1. The third-order valence-electron chi connectivity index (χ3n) is 3.82. The fraction of sp³-hybridized carbons (Fsp3) is 0.158. The Kier molecular flexibility index (Phi) is 5.72. The fourth-order valence-corrected chi connectivity index (χ4v) is 4.29. The van der Waals surface area contributed by atoms with Gasteiger partial charge >= 0.3 is 5.97 Å². The van der Waals surface area contributed by atoms with Crippen molar-refractivity contribution in [1.82, 2.24) is 19.7 Å². The summed E-state index contributed by atoms with van der Waals surface area (Å²) in [5, 5.41) is 11.5. The van der Waals surface area contributed by atoms with E-state index in [1.807, 2.05) is 0 Å². The van der Waals surface area contributed by atoms with Crippen molar-refractivity contribution in [3.8, 4) is 17.3 Å². The van der Waals surface area contributed by atoms with E-state index in [1.165, 1.54) is 35.2 Å². The number of benzene rings is 1. The van der Waals surface area contributed by atoms with E-state index in [2.05, 4.69) is 15.2 Å². The minimum Gasteiger partial charge on any atom is -0.461 e. The number of thioether (sulfide) groups is 1. The van der Waals surface area contributed by atoms with E-state index in [4.69, 9.17) is 9.15 Å². The molecule has 0 saturated heterocycles. The number of ether oxygens (including phenoxy) is 1. The first-order valence-electron chi connectivity index (χ1n) is 8.65. The molecule has 0 aliphatic carbocycles. The topological polar surface area (TPSA) is 83.0 Å². The van der Waals surface area contributed by atoms with Crippen molar-refractivity contribution in [1.29, 1.82) is 0 Å². The Morgan fingerprint density at radius 3 is 2.83 bits per heavy atom. The zero-order valence-corrected chi connectivity index (χ0v) is 16.9. The lowest BCUT2D eigenvalue weighted by Crippen LogP contribution is -2.05. The SMILES string of the molecule is CCOC(=O)c1csc(CSc2nnc(-c3ccco3)n2-c2ccc(F)cc2)n1. The van der Waals surface area contributed by atoms with Crippen LogP contribution in [0.25, 0.3) is 17.3 Å². The zero-order chi connectivity index (χ0) is 20.2. The van der Waals surface area contributed by atoms with Crippen molar-refractivity contribution in [2.24, 2.45) is 0 Å². The first kappa shape index (κ1) is 19.3. The lowest BCUT2D eigenvalue weighted by molar-refractivity contribution is 0.0520. The summed E-state index contributed by atoms with van der Waals surface area (Å²) in [4.78, 5) is 16.1. The molecular weight excluding hydrogens is 415 g/mol. The van der Waals surface area contributed by atoms with Crippen LogP contribution in [0.5, 0.6) is 0 Å². The second-order valence-electron chi connectivity index (χ2n) is 5.73. The molecule has 0 aliphatic rings. The number of thiazole rings is 1. The van der Waals surface area contributed by atoms with Gasteiger partial charge in [-0.05, 0) is 43.3 Å². The van der Waals surface area contributed by atoms with Crippen molar-refractivity contribution >= 4 is 29.1 Å². The molecule has 148 valence electrons. The molecule has 0 amide bonds. The summed E-state index contributed by atoms with van der Waals surface area (Å²) in [5.74, 6) is 0.782. The van der Waals surface area contributed by atoms with Crippen LogP contribution in [0.1, 0.15) is 22.4 Å². The number of hydrogen-bond donors (Lipinski definition) is 0. The molecule has 0 radical (unpaired) electrons. The van der Waals surface area contributed by atoms with E-state index in [1.54, 1.807) is 47.4 Å². The van der Waals surface area contributed by atoms with E-state index in [9.17, 15) is 9.18 Å². The number of rotatable bonds is 7. The van der Waals surface area contributed by atoms with Gasteiger partial charge in [-0.3, -0.25) is 4.57 Å². The number of aromatic nitrogens is 4. The molecule has 4 aromatic rings. The highest BCUT2D eigenvalue weighted by molar-refractivity contribution is 7.98. The smallest absolute Gasteiger partial charge is 0.357 e. The number of carbonyl (C=O) groups excluding carboxylic acids is 1. The Balaban J connectivity index is 1.61. The molecule has 0 fully saturated rings. The van der Waals surface area contributed by atoms with Crippen molar-refractivity contribution < 1.29 is 18.3 Å². The standard InChI is InChI=1S/C19H15FN4O3S2/c1-2-26-18(25)14-10-28-16(21-14)11-29-19-23-22-17(15-4-3-9-27-15)24(19)13-7-5-12(20)6-8-13/h3-10H,2,11H2,1H3. The first-order chi connectivity index (χ1) is 14.2. The van der Waals surface area contributed by atoms with Crippen molar-refractivity contribution in [2.75, 3.05) is 6.61 Å². The largest absolute Gasteiger partial charge is 0.461 e. The fourth-order valence-electron chi connectivity index (χ4n) is 2.55. The van der Waals surface area contributed by atoms with Crippen molar-refractivity contribution in [3.63, 3.8) is 0 Å². The Morgan fingerprint density at radius 2 is 2.10 bits per heavy atom. The summed E-state index contributed by atoms with van der Waals surface area (Å²) in [5.41, 5.74) is 1.00. The highest BCUT2D eigenvalue weighted by Crippen LogP contribution is 2.30. The summed E-state index contributed by atoms with van der Waals surface area (Å²) in [6.07, 6.45) is 1.55. The molecule has 0 N–H and O–H groups in total. The van der Waals surface area contributed by atoms with Crippen molar-refractivity contribution in [2.45, 2.75) is 17.8 Å². The van der Waals surface area contributed by atoms with Crippen LogP contribution in [-0.4, -0.2) is 32.3 Å². The number of nitrogens with zero attached hydrogens (tertiary/aromatic N) is 4. The van der Waals surface area contributed by atoms with E-state index >= 15 is 0 Å². The maximum absolute atomic E-state index is 13.4. The third-order valence-corrected chi connectivity index (χ3v) is 5.79. The van der Waals surface area contributed by atoms with Crippen molar-refractivity contribution in [3.05, 3.63) is 64.6 Å². The third kappa shape index (κ3) is 4.22. The van der Waals surface area contributed by atoms with Crippen LogP contribution in [0.4, 0.5) is 4.39 Å². The van der Waals surface area contributed by atoms with E-state index in [0.717, 1.165) is 5.01 Å². The summed E-state index contributed by atoms with van der Waals surface area (Å²) >= 11 is 2.78. The van der Waals surface area contributed by atoms with Gasteiger partial charge < -0.3 is 9.15 Å². The monoisotopic (exact) mass is 430 g/mol. The lowest BCUT2D eigenvalue weighted by Gasteiger charge is -2.08. The van der Waals surface area contributed by atoms with Crippen LogP contribution in [0.15, 0.2) is 57.6 Å². The van der Waals surface area contributed by atoms with Gasteiger partial charge in [0.25, 0.3) is 0 Å². The minimum atomic E-state index is -0.436.